The van der Waals surface area contributed by atoms with Crippen molar-refractivity contribution in [3.05, 3.63) is 95.2 Å². The van der Waals surface area contributed by atoms with Gasteiger partial charge in [-0.25, -0.2) is 9.97 Å². The zero-order valence-corrected chi connectivity index (χ0v) is 21.2. The van der Waals surface area contributed by atoms with E-state index in [2.05, 4.69) is 15.6 Å². The Bertz CT molecular complexity index is 1640. The molecule has 6 aromatic rings. The fourth-order valence-corrected chi connectivity index (χ4v) is 6.62. The van der Waals surface area contributed by atoms with E-state index in [9.17, 15) is 4.79 Å². The summed E-state index contributed by atoms with van der Waals surface area (Å²) in [5.41, 5.74) is 11.4. The summed E-state index contributed by atoms with van der Waals surface area (Å²) in [6.07, 6.45) is 0. The van der Waals surface area contributed by atoms with Gasteiger partial charge < -0.3 is 11.1 Å². The molecule has 3 aromatic heterocycles. The fourth-order valence-electron chi connectivity index (χ4n) is 3.77. The lowest BCUT2D eigenvalue weighted by Gasteiger charge is -2.06. The van der Waals surface area contributed by atoms with Crippen LogP contribution in [0.1, 0.15) is 9.67 Å². The minimum absolute atomic E-state index is 0.296. The molecule has 6 nitrogen and oxygen atoms in total. The van der Waals surface area contributed by atoms with E-state index in [0.717, 1.165) is 42.7 Å². The van der Waals surface area contributed by atoms with Crippen molar-refractivity contribution in [2.45, 2.75) is 0 Å². The maximum atomic E-state index is 13.3. The third-order valence-corrected chi connectivity index (χ3v) is 8.42. The zero-order valence-electron chi connectivity index (χ0n) is 18.8. The van der Waals surface area contributed by atoms with E-state index in [1.807, 2.05) is 90.3 Å². The number of amides is 1. The van der Waals surface area contributed by atoms with E-state index in [-0.39, 0.29) is 5.91 Å². The molecule has 3 aromatic carbocycles. The van der Waals surface area contributed by atoms with Gasteiger partial charge in [-0.15, -0.1) is 34.0 Å². The van der Waals surface area contributed by atoms with Crippen LogP contribution in [0.15, 0.2) is 90.3 Å². The first kappa shape index (κ1) is 22.4. The molecule has 0 atom stereocenters. The van der Waals surface area contributed by atoms with Crippen LogP contribution in [0.5, 0.6) is 0 Å². The molecular weight excluding hydrogens is 507 g/mol. The van der Waals surface area contributed by atoms with E-state index in [1.54, 1.807) is 11.3 Å². The number of benzene rings is 3. The Morgan fingerprint density at radius 2 is 1.56 bits per heavy atom. The maximum absolute atomic E-state index is 13.3. The van der Waals surface area contributed by atoms with Gasteiger partial charge in [0.15, 0.2) is 5.13 Å². The summed E-state index contributed by atoms with van der Waals surface area (Å²) in [5.74, 6) is -0.296. The van der Waals surface area contributed by atoms with E-state index < -0.39 is 0 Å². The van der Waals surface area contributed by atoms with Gasteiger partial charge in [-0.1, -0.05) is 60.7 Å². The number of carbonyl (C=O) groups excluding carboxylic acids is 1. The number of hydrogen-bond donors (Lipinski definition) is 3. The maximum Gasteiger partial charge on any atom is 0.269 e. The van der Waals surface area contributed by atoms with Gasteiger partial charge in [0.25, 0.3) is 5.91 Å². The van der Waals surface area contributed by atoms with E-state index in [1.165, 1.54) is 22.7 Å². The molecule has 4 N–H and O–H groups in total. The van der Waals surface area contributed by atoms with Crippen LogP contribution in [0.25, 0.3) is 32.0 Å². The van der Waals surface area contributed by atoms with Crippen molar-refractivity contribution in [3.63, 3.8) is 0 Å². The van der Waals surface area contributed by atoms with Gasteiger partial charge in [-0.05, 0) is 24.3 Å². The summed E-state index contributed by atoms with van der Waals surface area (Å²) in [6, 6.07) is 27.6. The minimum Gasteiger partial charge on any atom is -0.397 e. The molecule has 0 bridgehead atoms. The molecule has 0 saturated carbocycles. The monoisotopic (exact) mass is 525 g/mol. The van der Waals surface area contributed by atoms with Gasteiger partial charge >= 0.3 is 0 Å². The molecule has 0 aliphatic rings. The standard InChI is InChI=1S/C27H19N5OS3/c28-22-21(26-30-18-13-7-8-14-20(18)35-26)25(29-17-11-5-2-6-12-17)36-23(22)24(33)32-27-31-19(15-34-27)16-9-3-1-4-10-16/h1-15,29H,28H2,(H,31,32,33). The van der Waals surface area contributed by atoms with Gasteiger partial charge in [0.1, 0.15) is 14.9 Å². The van der Waals surface area contributed by atoms with Gasteiger partial charge in [0, 0.05) is 16.6 Å². The molecule has 0 unspecified atom stereocenters. The molecule has 0 aliphatic heterocycles. The smallest absolute Gasteiger partial charge is 0.269 e. The Kier molecular flexibility index (Phi) is 5.94. The molecule has 0 radical (unpaired) electrons. The minimum atomic E-state index is -0.296. The first-order chi connectivity index (χ1) is 17.7. The number of carbonyl (C=O) groups is 1. The van der Waals surface area contributed by atoms with Crippen molar-refractivity contribution >= 4 is 71.6 Å². The van der Waals surface area contributed by atoms with Crippen molar-refractivity contribution in [1.82, 2.24) is 9.97 Å². The Balaban J connectivity index is 1.36. The molecule has 6 rings (SSSR count). The van der Waals surface area contributed by atoms with Crippen LogP contribution in [0.2, 0.25) is 0 Å². The topological polar surface area (TPSA) is 92.9 Å². The molecule has 3 heterocycles. The number of nitrogens with two attached hydrogens (primary N) is 1. The van der Waals surface area contributed by atoms with E-state index in [0.29, 0.717) is 15.7 Å². The molecule has 9 heteroatoms. The Morgan fingerprint density at radius 3 is 2.33 bits per heavy atom. The van der Waals surface area contributed by atoms with Crippen LogP contribution in [-0.4, -0.2) is 15.9 Å². The quantitative estimate of drug-likeness (QED) is 0.207. The lowest BCUT2D eigenvalue weighted by molar-refractivity contribution is 0.103. The normalized spacial score (nSPS) is 11.0. The predicted octanol–water partition coefficient (Wildman–Crippen LogP) is 7.73. The highest BCUT2D eigenvalue weighted by molar-refractivity contribution is 7.23. The number of nitrogen functional groups attached to an aromatic ring is 1. The van der Waals surface area contributed by atoms with Gasteiger partial charge in [-0.3, -0.25) is 10.1 Å². The van der Waals surface area contributed by atoms with Crippen molar-refractivity contribution in [3.8, 4) is 21.8 Å². The SMILES string of the molecule is Nc1c(C(=O)Nc2nc(-c3ccccc3)cs2)sc(Nc2ccccc2)c1-c1nc2ccccc2s1. The number of nitrogens with zero attached hydrogens (tertiary/aromatic N) is 2. The Hall–Kier alpha value is -4.05. The zero-order chi connectivity index (χ0) is 24.5. The van der Waals surface area contributed by atoms with Crippen LogP contribution in [-0.2, 0) is 0 Å². The van der Waals surface area contributed by atoms with Gasteiger partial charge in [0.2, 0.25) is 0 Å². The van der Waals surface area contributed by atoms with Crippen LogP contribution >= 0.6 is 34.0 Å². The number of thiophene rings is 1. The summed E-state index contributed by atoms with van der Waals surface area (Å²) in [5, 5.41) is 10.3. The average molecular weight is 526 g/mol. The van der Waals surface area contributed by atoms with Crippen LogP contribution < -0.4 is 16.4 Å². The van der Waals surface area contributed by atoms with Crippen molar-refractivity contribution in [1.29, 1.82) is 0 Å². The lowest BCUT2D eigenvalue weighted by atomic mass is 10.2. The summed E-state index contributed by atoms with van der Waals surface area (Å²) in [4.78, 5) is 23.1. The van der Waals surface area contributed by atoms with Crippen molar-refractivity contribution in [2.24, 2.45) is 0 Å². The number of thiazole rings is 2. The highest BCUT2D eigenvalue weighted by Gasteiger charge is 2.25. The highest BCUT2D eigenvalue weighted by Crippen LogP contribution is 2.46. The number of anilines is 4. The molecule has 176 valence electrons. The summed E-state index contributed by atoms with van der Waals surface area (Å²) < 4.78 is 1.06. The molecule has 36 heavy (non-hydrogen) atoms. The second-order valence-corrected chi connectivity index (χ2v) is 10.8. The van der Waals surface area contributed by atoms with E-state index in [4.69, 9.17) is 10.7 Å². The van der Waals surface area contributed by atoms with Crippen LogP contribution in [0.3, 0.4) is 0 Å². The average Bonchev–Trinajstić information content (AvgIpc) is 3.62. The van der Waals surface area contributed by atoms with E-state index >= 15 is 0 Å². The second-order valence-electron chi connectivity index (χ2n) is 7.88. The second kappa shape index (κ2) is 9.54. The summed E-state index contributed by atoms with van der Waals surface area (Å²) in [7, 11) is 0. The number of aromatic nitrogens is 2. The molecule has 0 aliphatic carbocycles. The summed E-state index contributed by atoms with van der Waals surface area (Å²) in [6.45, 7) is 0. The lowest BCUT2D eigenvalue weighted by Crippen LogP contribution is -2.11. The first-order valence-corrected chi connectivity index (χ1v) is 13.6. The Labute approximate surface area is 219 Å². The third kappa shape index (κ3) is 4.35. The van der Waals surface area contributed by atoms with Crippen molar-refractivity contribution in [2.75, 3.05) is 16.4 Å². The largest absolute Gasteiger partial charge is 0.397 e. The van der Waals surface area contributed by atoms with Crippen molar-refractivity contribution < 1.29 is 4.79 Å². The number of nitrogens with one attached hydrogen (secondary N) is 2. The molecule has 0 saturated heterocycles. The van der Waals surface area contributed by atoms with Crippen LogP contribution in [0, 0.1) is 0 Å². The first-order valence-electron chi connectivity index (χ1n) is 11.1. The predicted molar refractivity (Wildman–Crippen MR) is 153 cm³/mol. The number of para-hydroxylation sites is 2. The number of fused-ring (bicyclic) bond motifs is 1. The molecule has 0 fully saturated rings. The van der Waals surface area contributed by atoms with Gasteiger partial charge in [-0.2, -0.15) is 0 Å². The Morgan fingerprint density at radius 1 is 0.833 bits per heavy atom. The third-order valence-electron chi connectivity index (χ3n) is 5.48. The van der Waals surface area contributed by atoms with Crippen LogP contribution in [0.4, 0.5) is 21.5 Å². The highest BCUT2D eigenvalue weighted by atomic mass is 32.1. The van der Waals surface area contributed by atoms with Gasteiger partial charge in [0.05, 0.1) is 27.2 Å². The molecule has 0 spiro atoms. The molecular formula is C27H19N5OS3. The number of rotatable bonds is 6. The molecule has 1 amide bonds. The summed E-state index contributed by atoms with van der Waals surface area (Å²) >= 11 is 4.25. The fraction of sp³-hybridized carbons (Fsp3) is 0. The number of hydrogen-bond acceptors (Lipinski definition) is 8.